The van der Waals surface area contributed by atoms with E-state index >= 15 is 0 Å². The van der Waals surface area contributed by atoms with Crippen molar-refractivity contribution in [1.29, 1.82) is 0 Å². The van der Waals surface area contributed by atoms with E-state index in [1.807, 2.05) is 20.8 Å². The van der Waals surface area contributed by atoms with Gasteiger partial charge in [0, 0.05) is 7.11 Å². The van der Waals surface area contributed by atoms with E-state index in [1.54, 1.807) is 14.2 Å². The minimum atomic E-state index is -0.182. The van der Waals surface area contributed by atoms with Gasteiger partial charge in [-0.1, -0.05) is 0 Å². The molecule has 1 rings (SSSR count). The standard InChI is InChI=1S/C11H19N3O2/c1-8-9(12-7-13-10(8)16-5)14-11(2,3)6-15-4/h7H,6H2,1-5H3,(H,12,13,14). The number of rotatable bonds is 5. The first-order valence-electron chi connectivity index (χ1n) is 5.13. The quantitative estimate of drug-likeness (QED) is 0.825. The van der Waals surface area contributed by atoms with Crippen molar-refractivity contribution in [1.82, 2.24) is 9.97 Å². The van der Waals surface area contributed by atoms with Gasteiger partial charge in [0.05, 0.1) is 24.8 Å². The molecule has 90 valence electrons. The molecule has 1 aromatic heterocycles. The van der Waals surface area contributed by atoms with Crippen molar-refractivity contribution >= 4 is 5.82 Å². The fourth-order valence-corrected chi connectivity index (χ4v) is 1.48. The molecule has 0 spiro atoms. The Kier molecular flexibility index (Phi) is 4.06. The van der Waals surface area contributed by atoms with Crippen LogP contribution in [0.1, 0.15) is 19.4 Å². The van der Waals surface area contributed by atoms with Crippen LogP contribution in [-0.4, -0.2) is 36.3 Å². The summed E-state index contributed by atoms with van der Waals surface area (Å²) in [7, 11) is 3.27. The molecule has 0 fully saturated rings. The van der Waals surface area contributed by atoms with Crippen LogP contribution in [0.2, 0.25) is 0 Å². The molecule has 5 nitrogen and oxygen atoms in total. The Morgan fingerprint density at radius 2 is 2.00 bits per heavy atom. The minimum Gasteiger partial charge on any atom is -0.481 e. The van der Waals surface area contributed by atoms with Gasteiger partial charge in [0.15, 0.2) is 0 Å². The van der Waals surface area contributed by atoms with Gasteiger partial charge in [-0.3, -0.25) is 0 Å². The van der Waals surface area contributed by atoms with Gasteiger partial charge in [0.2, 0.25) is 5.88 Å². The van der Waals surface area contributed by atoms with E-state index in [-0.39, 0.29) is 5.54 Å². The van der Waals surface area contributed by atoms with Gasteiger partial charge in [0.1, 0.15) is 12.1 Å². The minimum absolute atomic E-state index is 0.182. The lowest BCUT2D eigenvalue weighted by Crippen LogP contribution is -2.36. The average Bonchev–Trinajstić information content (AvgIpc) is 2.21. The number of nitrogens with one attached hydrogen (secondary N) is 1. The third-order valence-corrected chi connectivity index (χ3v) is 2.19. The third kappa shape index (κ3) is 3.06. The van der Waals surface area contributed by atoms with Crippen molar-refractivity contribution in [2.75, 3.05) is 26.1 Å². The molecule has 0 radical (unpaired) electrons. The molecule has 0 atom stereocenters. The molecule has 1 heterocycles. The van der Waals surface area contributed by atoms with Crippen LogP contribution in [-0.2, 0) is 4.74 Å². The van der Waals surface area contributed by atoms with Crippen molar-refractivity contribution < 1.29 is 9.47 Å². The van der Waals surface area contributed by atoms with E-state index in [1.165, 1.54) is 6.33 Å². The Morgan fingerprint density at radius 1 is 1.31 bits per heavy atom. The Bertz CT molecular complexity index is 353. The van der Waals surface area contributed by atoms with Crippen molar-refractivity contribution in [2.24, 2.45) is 0 Å². The molecule has 0 saturated carbocycles. The fraction of sp³-hybridized carbons (Fsp3) is 0.636. The number of nitrogens with zero attached hydrogens (tertiary/aromatic N) is 2. The first-order chi connectivity index (χ1) is 7.50. The summed E-state index contributed by atoms with van der Waals surface area (Å²) in [5.74, 6) is 1.36. The Balaban J connectivity index is 2.89. The maximum absolute atomic E-state index is 5.14. The maximum Gasteiger partial charge on any atom is 0.221 e. The average molecular weight is 225 g/mol. The molecule has 5 heteroatoms. The van der Waals surface area contributed by atoms with Crippen molar-refractivity contribution in [3.63, 3.8) is 0 Å². The highest BCUT2D eigenvalue weighted by atomic mass is 16.5. The van der Waals surface area contributed by atoms with Crippen LogP contribution in [0.3, 0.4) is 0 Å². The smallest absolute Gasteiger partial charge is 0.221 e. The molecule has 0 saturated heterocycles. The van der Waals surface area contributed by atoms with Gasteiger partial charge >= 0.3 is 0 Å². The lowest BCUT2D eigenvalue weighted by atomic mass is 10.1. The van der Waals surface area contributed by atoms with Crippen molar-refractivity contribution in [3.8, 4) is 5.88 Å². The van der Waals surface area contributed by atoms with Gasteiger partial charge < -0.3 is 14.8 Å². The highest BCUT2D eigenvalue weighted by molar-refractivity contribution is 5.49. The van der Waals surface area contributed by atoms with Crippen LogP contribution in [0.15, 0.2) is 6.33 Å². The Morgan fingerprint density at radius 3 is 2.56 bits per heavy atom. The SMILES string of the molecule is COCC(C)(C)Nc1ncnc(OC)c1C. The zero-order chi connectivity index (χ0) is 12.2. The maximum atomic E-state index is 5.14. The second kappa shape index (κ2) is 5.12. The Labute approximate surface area is 96.2 Å². The summed E-state index contributed by atoms with van der Waals surface area (Å²) in [4.78, 5) is 8.23. The molecular formula is C11H19N3O2. The number of hydrogen-bond acceptors (Lipinski definition) is 5. The molecule has 0 aliphatic heterocycles. The molecule has 0 aliphatic carbocycles. The predicted octanol–water partition coefficient (Wildman–Crippen LogP) is 1.63. The molecule has 1 aromatic rings. The number of anilines is 1. The second-order valence-corrected chi connectivity index (χ2v) is 4.30. The summed E-state index contributed by atoms with van der Waals surface area (Å²) in [6.45, 7) is 6.61. The van der Waals surface area contributed by atoms with E-state index in [2.05, 4.69) is 15.3 Å². The number of hydrogen-bond donors (Lipinski definition) is 1. The Hall–Kier alpha value is -1.36. The molecule has 0 aromatic carbocycles. The van der Waals surface area contributed by atoms with E-state index in [0.717, 1.165) is 11.4 Å². The highest BCUT2D eigenvalue weighted by Crippen LogP contribution is 2.22. The highest BCUT2D eigenvalue weighted by Gasteiger charge is 2.19. The third-order valence-electron chi connectivity index (χ3n) is 2.19. The van der Waals surface area contributed by atoms with Gasteiger partial charge in [-0.15, -0.1) is 0 Å². The summed E-state index contributed by atoms with van der Waals surface area (Å²) < 4.78 is 10.3. The first-order valence-corrected chi connectivity index (χ1v) is 5.13. The van der Waals surface area contributed by atoms with E-state index in [9.17, 15) is 0 Å². The normalized spacial score (nSPS) is 11.3. The molecule has 1 N–H and O–H groups in total. The van der Waals surface area contributed by atoms with Crippen molar-refractivity contribution in [2.45, 2.75) is 26.3 Å². The molecule has 16 heavy (non-hydrogen) atoms. The monoisotopic (exact) mass is 225 g/mol. The summed E-state index contributed by atoms with van der Waals surface area (Å²) in [5.41, 5.74) is 0.716. The summed E-state index contributed by atoms with van der Waals surface area (Å²) in [5, 5.41) is 3.31. The van der Waals surface area contributed by atoms with Crippen LogP contribution >= 0.6 is 0 Å². The lowest BCUT2D eigenvalue weighted by molar-refractivity contribution is 0.158. The summed E-state index contributed by atoms with van der Waals surface area (Å²) in [6, 6.07) is 0. The van der Waals surface area contributed by atoms with E-state index in [4.69, 9.17) is 9.47 Å². The van der Waals surface area contributed by atoms with Gasteiger partial charge in [-0.05, 0) is 20.8 Å². The number of methoxy groups -OCH3 is 2. The van der Waals surface area contributed by atoms with Gasteiger partial charge in [-0.2, -0.15) is 0 Å². The molecular weight excluding hydrogens is 206 g/mol. The topological polar surface area (TPSA) is 56.3 Å². The largest absolute Gasteiger partial charge is 0.481 e. The zero-order valence-corrected chi connectivity index (χ0v) is 10.5. The fourth-order valence-electron chi connectivity index (χ4n) is 1.48. The van der Waals surface area contributed by atoms with Crippen LogP contribution in [0.25, 0.3) is 0 Å². The molecule has 0 aliphatic rings. The first kappa shape index (κ1) is 12.7. The van der Waals surface area contributed by atoms with Crippen LogP contribution in [0.5, 0.6) is 5.88 Å². The lowest BCUT2D eigenvalue weighted by Gasteiger charge is -2.26. The zero-order valence-electron chi connectivity index (χ0n) is 10.5. The van der Waals surface area contributed by atoms with Crippen LogP contribution < -0.4 is 10.1 Å². The van der Waals surface area contributed by atoms with Gasteiger partial charge in [-0.25, -0.2) is 9.97 Å². The predicted molar refractivity (Wildman–Crippen MR) is 62.9 cm³/mol. The molecule has 0 bridgehead atoms. The van der Waals surface area contributed by atoms with Gasteiger partial charge in [0.25, 0.3) is 0 Å². The second-order valence-electron chi connectivity index (χ2n) is 4.30. The van der Waals surface area contributed by atoms with E-state index in [0.29, 0.717) is 12.5 Å². The summed E-state index contributed by atoms with van der Waals surface area (Å²) in [6.07, 6.45) is 1.48. The molecule has 0 unspecified atom stereocenters. The molecule has 0 amide bonds. The summed E-state index contributed by atoms with van der Waals surface area (Å²) >= 11 is 0. The van der Waals surface area contributed by atoms with Crippen molar-refractivity contribution in [3.05, 3.63) is 11.9 Å². The number of ether oxygens (including phenoxy) is 2. The van der Waals surface area contributed by atoms with E-state index < -0.39 is 0 Å². The van der Waals surface area contributed by atoms with Crippen LogP contribution in [0.4, 0.5) is 5.82 Å². The van der Waals surface area contributed by atoms with Crippen LogP contribution in [0, 0.1) is 6.92 Å². The number of aromatic nitrogens is 2.